The molecule has 1 aliphatic heterocycles. The summed E-state index contributed by atoms with van der Waals surface area (Å²) in [5.74, 6) is 0.268. The fourth-order valence-corrected chi connectivity index (χ4v) is 2.78. The minimum atomic E-state index is -0.186. The molecule has 2 aromatic carbocycles. The minimum Gasteiger partial charge on any atom is -0.321 e. The molecular formula is C18H13N3O2. The van der Waals surface area contributed by atoms with Gasteiger partial charge in [0, 0.05) is 18.3 Å². The second-order valence-corrected chi connectivity index (χ2v) is 5.41. The fourth-order valence-electron chi connectivity index (χ4n) is 2.78. The van der Waals surface area contributed by atoms with Crippen LogP contribution < -0.4 is 10.9 Å². The van der Waals surface area contributed by atoms with E-state index in [1.165, 1.54) is 4.57 Å². The van der Waals surface area contributed by atoms with E-state index in [0.29, 0.717) is 22.3 Å². The standard InChI is InChI=1S/C18H13N3O2/c1-21-16(19-15-9-5-3-7-12(15)18(21)23)10-13-11-6-2-4-8-14(11)20-17(13)22/h2-10H,1H3,(H,20,22)/b13-10+. The first-order valence-corrected chi connectivity index (χ1v) is 7.23. The summed E-state index contributed by atoms with van der Waals surface area (Å²) < 4.78 is 1.46. The molecule has 0 saturated heterocycles. The maximum atomic E-state index is 12.4. The number of benzene rings is 2. The van der Waals surface area contributed by atoms with E-state index in [9.17, 15) is 9.59 Å². The van der Waals surface area contributed by atoms with Gasteiger partial charge in [0.05, 0.1) is 16.5 Å². The monoisotopic (exact) mass is 303 g/mol. The van der Waals surface area contributed by atoms with Crippen molar-refractivity contribution in [3.05, 3.63) is 70.3 Å². The van der Waals surface area contributed by atoms with E-state index >= 15 is 0 Å². The molecule has 1 aliphatic rings. The summed E-state index contributed by atoms with van der Waals surface area (Å²) >= 11 is 0. The molecule has 2 heterocycles. The van der Waals surface area contributed by atoms with Crippen LogP contribution in [0.4, 0.5) is 5.69 Å². The SMILES string of the molecule is Cn1c(/C=C2/C(=O)Nc3ccccc32)nc2ccccc2c1=O. The third kappa shape index (κ3) is 2.05. The number of fused-ring (bicyclic) bond motifs is 2. The summed E-state index contributed by atoms with van der Waals surface area (Å²) in [4.78, 5) is 29.2. The number of carbonyl (C=O) groups is 1. The number of nitrogens with one attached hydrogen (secondary N) is 1. The summed E-state index contributed by atoms with van der Waals surface area (Å²) in [6.45, 7) is 0. The van der Waals surface area contributed by atoms with Crippen molar-refractivity contribution in [1.29, 1.82) is 0 Å². The van der Waals surface area contributed by atoms with Gasteiger partial charge in [0.25, 0.3) is 11.5 Å². The van der Waals surface area contributed by atoms with Gasteiger partial charge in [-0.1, -0.05) is 30.3 Å². The quantitative estimate of drug-likeness (QED) is 0.702. The Kier molecular flexibility index (Phi) is 2.87. The minimum absolute atomic E-state index is 0.130. The molecule has 5 nitrogen and oxygen atoms in total. The van der Waals surface area contributed by atoms with Crippen molar-refractivity contribution in [2.45, 2.75) is 0 Å². The largest absolute Gasteiger partial charge is 0.321 e. The molecule has 1 amide bonds. The third-order valence-electron chi connectivity index (χ3n) is 4.00. The lowest BCUT2D eigenvalue weighted by molar-refractivity contribution is -0.110. The van der Waals surface area contributed by atoms with Crippen LogP contribution in [0.1, 0.15) is 11.4 Å². The van der Waals surface area contributed by atoms with Gasteiger partial charge in [-0.15, -0.1) is 0 Å². The number of carbonyl (C=O) groups excluding carboxylic acids is 1. The maximum Gasteiger partial charge on any atom is 0.261 e. The van der Waals surface area contributed by atoms with E-state index in [-0.39, 0.29) is 11.5 Å². The van der Waals surface area contributed by atoms with Gasteiger partial charge < -0.3 is 5.32 Å². The average Bonchev–Trinajstić information content (AvgIpc) is 2.88. The number of rotatable bonds is 1. The summed E-state index contributed by atoms with van der Waals surface area (Å²) in [5, 5.41) is 3.38. The molecule has 1 aromatic heterocycles. The van der Waals surface area contributed by atoms with Crippen LogP contribution in [-0.2, 0) is 11.8 Å². The van der Waals surface area contributed by atoms with Gasteiger partial charge in [-0.2, -0.15) is 0 Å². The second kappa shape index (κ2) is 4.91. The first-order chi connectivity index (χ1) is 11.1. The van der Waals surface area contributed by atoms with Crippen LogP contribution >= 0.6 is 0 Å². The Balaban J connectivity index is 1.96. The van der Waals surface area contributed by atoms with Crippen molar-refractivity contribution in [3.8, 4) is 0 Å². The lowest BCUT2D eigenvalue weighted by atomic mass is 10.1. The Labute approximate surface area is 131 Å². The number of para-hydroxylation sites is 2. The van der Waals surface area contributed by atoms with Crippen LogP contribution in [0.25, 0.3) is 22.6 Å². The first-order valence-electron chi connectivity index (χ1n) is 7.23. The van der Waals surface area contributed by atoms with E-state index in [1.54, 1.807) is 25.3 Å². The number of hydrogen-bond acceptors (Lipinski definition) is 3. The highest BCUT2D eigenvalue weighted by Gasteiger charge is 2.24. The zero-order chi connectivity index (χ0) is 16.0. The van der Waals surface area contributed by atoms with E-state index in [1.807, 2.05) is 36.4 Å². The van der Waals surface area contributed by atoms with Crippen molar-refractivity contribution >= 4 is 34.1 Å². The first kappa shape index (κ1) is 13.5. The van der Waals surface area contributed by atoms with Crippen LogP contribution in [0.5, 0.6) is 0 Å². The van der Waals surface area contributed by atoms with E-state index < -0.39 is 0 Å². The van der Waals surface area contributed by atoms with Gasteiger partial charge in [-0.3, -0.25) is 14.2 Å². The van der Waals surface area contributed by atoms with Crippen LogP contribution in [0, 0.1) is 0 Å². The third-order valence-corrected chi connectivity index (χ3v) is 4.00. The van der Waals surface area contributed by atoms with Crippen LogP contribution in [0.15, 0.2) is 53.3 Å². The van der Waals surface area contributed by atoms with Crippen molar-refractivity contribution in [1.82, 2.24) is 9.55 Å². The van der Waals surface area contributed by atoms with Gasteiger partial charge in [-0.05, 0) is 24.3 Å². The Morgan fingerprint density at radius 1 is 1.04 bits per heavy atom. The Hall–Kier alpha value is -3.21. The molecule has 0 saturated carbocycles. The predicted molar refractivity (Wildman–Crippen MR) is 89.9 cm³/mol. The molecule has 0 radical (unpaired) electrons. The van der Waals surface area contributed by atoms with Gasteiger partial charge in [0.2, 0.25) is 0 Å². The molecular weight excluding hydrogens is 290 g/mol. The molecule has 0 unspecified atom stereocenters. The Morgan fingerprint density at radius 3 is 2.65 bits per heavy atom. The molecule has 0 spiro atoms. The van der Waals surface area contributed by atoms with Crippen molar-refractivity contribution in [2.24, 2.45) is 7.05 Å². The number of anilines is 1. The highest BCUT2D eigenvalue weighted by Crippen LogP contribution is 2.32. The number of nitrogens with zero attached hydrogens (tertiary/aromatic N) is 2. The summed E-state index contributed by atoms with van der Waals surface area (Å²) in [6, 6.07) is 14.7. The van der Waals surface area contributed by atoms with Gasteiger partial charge in [0.15, 0.2) is 0 Å². The smallest absolute Gasteiger partial charge is 0.261 e. The second-order valence-electron chi connectivity index (χ2n) is 5.41. The van der Waals surface area contributed by atoms with Gasteiger partial charge in [-0.25, -0.2) is 4.98 Å². The molecule has 0 bridgehead atoms. The normalized spacial score (nSPS) is 15.0. The lowest BCUT2D eigenvalue weighted by Gasteiger charge is -2.06. The molecule has 4 rings (SSSR count). The van der Waals surface area contributed by atoms with Gasteiger partial charge in [0.1, 0.15) is 5.82 Å². The number of amides is 1. The average molecular weight is 303 g/mol. The van der Waals surface area contributed by atoms with E-state index in [2.05, 4.69) is 10.3 Å². The number of hydrogen-bond donors (Lipinski definition) is 1. The van der Waals surface area contributed by atoms with Crippen molar-refractivity contribution in [2.75, 3.05) is 5.32 Å². The Morgan fingerprint density at radius 2 is 1.78 bits per heavy atom. The molecule has 5 heteroatoms. The number of aromatic nitrogens is 2. The molecule has 23 heavy (non-hydrogen) atoms. The van der Waals surface area contributed by atoms with Crippen LogP contribution in [0.3, 0.4) is 0 Å². The molecule has 0 aliphatic carbocycles. The van der Waals surface area contributed by atoms with E-state index in [0.717, 1.165) is 11.3 Å². The predicted octanol–water partition coefficient (Wildman–Crippen LogP) is 2.43. The molecule has 0 atom stereocenters. The fraction of sp³-hybridized carbons (Fsp3) is 0.0556. The molecule has 3 aromatic rings. The Bertz CT molecular complexity index is 1050. The zero-order valence-electron chi connectivity index (χ0n) is 12.4. The topological polar surface area (TPSA) is 64.0 Å². The zero-order valence-corrected chi connectivity index (χ0v) is 12.4. The summed E-state index contributed by atoms with van der Waals surface area (Å²) in [7, 11) is 1.66. The van der Waals surface area contributed by atoms with Crippen molar-refractivity contribution < 1.29 is 4.79 Å². The maximum absolute atomic E-state index is 12.4. The molecule has 112 valence electrons. The van der Waals surface area contributed by atoms with E-state index in [4.69, 9.17) is 0 Å². The van der Waals surface area contributed by atoms with Crippen LogP contribution in [0.2, 0.25) is 0 Å². The molecule has 0 fully saturated rings. The highest BCUT2D eigenvalue weighted by molar-refractivity contribution is 6.34. The summed E-state index contributed by atoms with van der Waals surface area (Å²) in [5.41, 5.74) is 2.59. The van der Waals surface area contributed by atoms with Crippen LogP contribution in [-0.4, -0.2) is 15.5 Å². The van der Waals surface area contributed by atoms with Gasteiger partial charge >= 0.3 is 0 Å². The lowest BCUT2D eigenvalue weighted by Crippen LogP contribution is -2.20. The highest BCUT2D eigenvalue weighted by atomic mass is 16.2. The van der Waals surface area contributed by atoms with Crippen molar-refractivity contribution in [3.63, 3.8) is 0 Å². The summed E-state index contributed by atoms with van der Waals surface area (Å²) in [6.07, 6.45) is 1.66. The molecule has 1 N–H and O–H groups in total.